The fourth-order valence-electron chi connectivity index (χ4n) is 2.95. The highest BCUT2D eigenvalue weighted by atomic mass is 32.2. The number of sulfonamides is 1. The Bertz CT molecular complexity index is 1170. The lowest BCUT2D eigenvalue weighted by atomic mass is 10.3. The quantitative estimate of drug-likeness (QED) is 0.533. The number of carbonyl (C=O) groups excluding carboxylic acids is 1. The summed E-state index contributed by atoms with van der Waals surface area (Å²) in [5.41, 5.74) is 2.29. The van der Waals surface area contributed by atoms with Crippen LogP contribution in [0.3, 0.4) is 0 Å². The second-order valence-electron chi connectivity index (χ2n) is 6.62. The number of para-hydroxylation sites is 2. The number of fused-ring (bicyclic) bond motifs is 1. The van der Waals surface area contributed by atoms with Crippen molar-refractivity contribution in [3.8, 4) is 5.75 Å². The Balaban J connectivity index is 1.76. The molecule has 0 bridgehead atoms. The Morgan fingerprint density at radius 2 is 1.97 bits per heavy atom. The van der Waals surface area contributed by atoms with Crippen LogP contribution in [0, 0.1) is 0 Å². The van der Waals surface area contributed by atoms with Gasteiger partial charge in [-0.15, -0.1) is 0 Å². The number of nitrogens with one attached hydrogen (secondary N) is 1. The van der Waals surface area contributed by atoms with E-state index in [1.807, 2.05) is 31.2 Å². The lowest BCUT2D eigenvalue weighted by Gasteiger charge is -2.16. The molecule has 0 aliphatic heterocycles. The number of carbonyl (C=O) groups is 1. The second kappa shape index (κ2) is 9.07. The van der Waals surface area contributed by atoms with Crippen LogP contribution < -0.4 is 10.1 Å². The maximum atomic E-state index is 12.5. The molecule has 0 radical (unpaired) electrons. The number of imidazole rings is 1. The first kappa shape index (κ1) is 22.1. The second-order valence-corrected chi connectivity index (χ2v) is 9.68. The summed E-state index contributed by atoms with van der Waals surface area (Å²) in [5.74, 6) is 0.103. The van der Waals surface area contributed by atoms with Gasteiger partial charge >= 0.3 is 0 Å². The van der Waals surface area contributed by atoms with Gasteiger partial charge in [0.25, 0.3) is 0 Å². The Morgan fingerprint density at radius 1 is 1.23 bits per heavy atom. The number of benzene rings is 2. The van der Waals surface area contributed by atoms with Crippen molar-refractivity contribution in [3.05, 3.63) is 42.5 Å². The van der Waals surface area contributed by atoms with Crippen LogP contribution in [0.25, 0.3) is 11.0 Å². The maximum absolute atomic E-state index is 12.5. The third-order valence-electron chi connectivity index (χ3n) is 4.47. The lowest BCUT2D eigenvalue weighted by Crippen LogP contribution is -2.23. The average molecular weight is 449 g/mol. The van der Waals surface area contributed by atoms with E-state index in [0.717, 1.165) is 27.0 Å². The first-order valence-electron chi connectivity index (χ1n) is 9.26. The standard InChI is InChI=1S/C20H24N4O4S2/c1-5-24-16-9-7-6-8-15(16)22-20(24)29-13-19(25)21-14-10-11-17(28-4)18(12-14)30(26,27)23(2)3/h6-12H,5,13H2,1-4H3,(H,21,25). The fourth-order valence-corrected chi connectivity index (χ4v) is 4.90. The SMILES string of the molecule is CCn1c(SCC(=O)Nc2ccc(OC)c(S(=O)(=O)N(C)C)c2)nc2ccccc21. The Hall–Kier alpha value is -2.56. The number of nitrogens with zero attached hydrogens (tertiary/aromatic N) is 3. The van der Waals surface area contributed by atoms with Gasteiger partial charge in [0.15, 0.2) is 5.16 Å². The first-order chi connectivity index (χ1) is 14.3. The van der Waals surface area contributed by atoms with Crippen LogP contribution in [0.2, 0.25) is 0 Å². The summed E-state index contributed by atoms with van der Waals surface area (Å²) in [7, 11) is 0.565. The third kappa shape index (κ3) is 4.45. The topological polar surface area (TPSA) is 93.5 Å². The highest BCUT2D eigenvalue weighted by Gasteiger charge is 2.23. The van der Waals surface area contributed by atoms with Crippen LogP contribution in [-0.2, 0) is 21.4 Å². The van der Waals surface area contributed by atoms with E-state index in [-0.39, 0.29) is 22.3 Å². The molecule has 30 heavy (non-hydrogen) atoms. The Morgan fingerprint density at radius 3 is 2.63 bits per heavy atom. The molecule has 8 nitrogen and oxygen atoms in total. The zero-order valence-electron chi connectivity index (χ0n) is 17.2. The van der Waals surface area contributed by atoms with Crippen LogP contribution in [0.15, 0.2) is 52.5 Å². The van der Waals surface area contributed by atoms with Crippen molar-refractivity contribution in [1.29, 1.82) is 0 Å². The smallest absolute Gasteiger partial charge is 0.246 e. The number of rotatable bonds is 8. The summed E-state index contributed by atoms with van der Waals surface area (Å²) < 4.78 is 33.4. The van der Waals surface area contributed by atoms with E-state index in [1.54, 1.807) is 6.07 Å². The number of amides is 1. The van der Waals surface area contributed by atoms with Crippen LogP contribution >= 0.6 is 11.8 Å². The number of aromatic nitrogens is 2. The van der Waals surface area contributed by atoms with Crippen molar-refractivity contribution in [2.24, 2.45) is 0 Å². The normalized spacial score (nSPS) is 11.8. The Labute approximate surface area is 180 Å². The number of thioether (sulfide) groups is 1. The van der Waals surface area contributed by atoms with Gasteiger partial charge in [-0.25, -0.2) is 17.7 Å². The van der Waals surface area contributed by atoms with Crippen molar-refractivity contribution in [3.63, 3.8) is 0 Å². The molecule has 1 N–H and O–H groups in total. The molecule has 3 rings (SSSR count). The van der Waals surface area contributed by atoms with Gasteiger partial charge < -0.3 is 14.6 Å². The molecule has 1 heterocycles. The van der Waals surface area contributed by atoms with Gasteiger partial charge in [-0.2, -0.15) is 0 Å². The van der Waals surface area contributed by atoms with E-state index in [2.05, 4.69) is 14.9 Å². The zero-order valence-corrected chi connectivity index (χ0v) is 18.9. The minimum Gasteiger partial charge on any atom is -0.495 e. The highest BCUT2D eigenvalue weighted by Crippen LogP contribution is 2.29. The van der Waals surface area contributed by atoms with E-state index >= 15 is 0 Å². The number of aryl methyl sites for hydroxylation is 1. The van der Waals surface area contributed by atoms with Crippen LogP contribution in [0.5, 0.6) is 5.75 Å². The van der Waals surface area contributed by atoms with Crippen molar-refractivity contribution in [2.45, 2.75) is 23.5 Å². The molecule has 2 aromatic carbocycles. The van der Waals surface area contributed by atoms with E-state index in [4.69, 9.17) is 4.74 Å². The number of methoxy groups -OCH3 is 1. The largest absolute Gasteiger partial charge is 0.495 e. The van der Waals surface area contributed by atoms with Gasteiger partial charge in [-0.3, -0.25) is 4.79 Å². The summed E-state index contributed by atoms with van der Waals surface area (Å²) in [6.45, 7) is 2.77. The average Bonchev–Trinajstić information content (AvgIpc) is 3.09. The minimum atomic E-state index is -3.72. The van der Waals surface area contributed by atoms with Gasteiger partial charge in [0.2, 0.25) is 15.9 Å². The summed E-state index contributed by atoms with van der Waals surface area (Å²) in [5, 5.41) is 3.51. The summed E-state index contributed by atoms with van der Waals surface area (Å²) in [4.78, 5) is 17.1. The number of hydrogen-bond acceptors (Lipinski definition) is 6. The molecule has 0 atom stereocenters. The predicted molar refractivity (Wildman–Crippen MR) is 119 cm³/mol. The molecule has 160 valence electrons. The maximum Gasteiger partial charge on any atom is 0.246 e. The van der Waals surface area contributed by atoms with E-state index in [0.29, 0.717) is 5.69 Å². The lowest BCUT2D eigenvalue weighted by molar-refractivity contribution is -0.113. The molecule has 0 spiro atoms. The molecule has 10 heteroatoms. The van der Waals surface area contributed by atoms with Crippen molar-refractivity contribution in [1.82, 2.24) is 13.9 Å². The van der Waals surface area contributed by atoms with Crippen molar-refractivity contribution in [2.75, 3.05) is 32.3 Å². The summed E-state index contributed by atoms with van der Waals surface area (Å²) in [6.07, 6.45) is 0. The molecule has 0 aliphatic rings. The molecule has 0 saturated carbocycles. The number of anilines is 1. The highest BCUT2D eigenvalue weighted by molar-refractivity contribution is 7.99. The molecule has 0 unspecified atom stereocenters. The van der Waals surface area contributed by atoms with Crippen LogP contribution in [0.4, 0.5) is 5.69 Å². The number of hydrogen-bond donors (Lipinski definition) is 1. The minimum absolute atomic E-state index is 0.00627. The molecule has 0 fully saturated rings. The molecule has 1 aromatic heterocycles. The fraction of sp³-hybridized carbons (Fsp3) is 0.300. The van der Waals surface area contributed by atoms with Crippen molar-refractivity contribution < 1.29 is 17.9 Å². The van der Waals surface area contributed by atoms with Gasteiger partial charge in [0, 0.05) is 26.3 Å². The molecule has 0 saturated heterocycles. The molecule has 3 aromatic rings. The molecule has 0 aliphatic carbocycles. The Kier molecular flexibility index (Phi) is 6.69. The zero-order chi connectivity index (χ0) is 21.9. The summed E-state index contributed by atoms with van der Waals surface area (Å²) >= 11 is 1.34. The van der Waals surface area contributed by atoms with E-state index < -0.39 is 10.0 Å². The van der Waals surface area contributed by atoms with Gasteiger partial charge in [-0.1, -0.05) is 23.9 Å². The summed E-state index contributed by atoms with van der Waals surface area (Å²) in [6, 6.07) is 12.4. The third-order valence-corrected chi connectivity index (χ3v) is 7.29. The molecular weight excluding hydrogens is 424 g/mol. The first-order valence-corrected chi connectivity index (χ1v) is 11.7. The van der Waals surface area contributed by atoms with Crippen LogP contribution in [0.1, 0.15) is 6.92 Å². The monoisotopic (exact) mass is 448 g/mol. The van der Waals surface area contributed by atoms with Gasteiger partial charge in [-0.05, 0) is 37.3 Å². The predicted octanol–water partition coefficient (Wildman–Crippen LogP) is 3.05. The van der Waals surface area contributed by atoms with Crippen LogP contribution in [-0.4, -0.2) is 55.1 Å². The van der Waals surface area contributed by atoms with Crippen molar-refractivity contribution >= 4 is 44.4 Å². The van der Waals surface area contributed by atoms with E-state index in [1.165, 1.54) is 45.1 Å². The van der Waals surface area contributed by atoms with Gasteiger partial charge in [0.05, 0.1) is 23.9 Å². The number of ether oxygens (including phenoxy) is 1. The molecular formula is C20H24N4O4S2. The molecule has 1 amide bonds. The van der Waals surface area contributed by atoms with E-state index in [9.17, 15) is 13.2 Å². The van der Waals surface area contributed by atoms with Gasteiger partial charge in [0.1, 0.15) is 10.6 Å².